The molecule has 0 spiro atoms. The Morgan fingerprint density at radius 2 is 2.04 bits per heavy atom. The van der Waals surface area contributed by atoms with Crippen LogP contribution in [-0.4, -0.2) is 31.6 Å². The van der Waals surface area contributed by atoms with Crippen molar-refractivity contribution in [3.8, 4) is 0 Å². The summed E-state index contributed by atoms with van der Waals surface area (Å²) in [5.41, 5.74) is 8.42. The van der Waals surface area contributed by atoms with E-state index in [9.17, 15) is 9.00 Å². The average Bonchev–Trinajstić information content (AvgIpc) is 2.85. The Labute approximate surface area is 167 Å². The van der Waals surface area contributed by atoms with Gasteiger partial charge in [-0.2, -0.15) is 0 Å². The SMILES string of the molecule is CN(c1ccccc1Nc1cc(N)nc2c1c(=O)n(C)n2PI)S(C)=O. The molecule has 0 aliphatic rings. The van der Waals surface area contributed by atoms with E-state index >= 15 is 0 Å². The van der Waals surface area contributed by atoms with Gasteiger partial charge in [-0.3, -0.25) is 9.10 Å². The lowest BCUT2D eigenvalue weighted by atomic mass is 10.2. The highest BCUT2D eigenvalue weighted by Gasteiger charge is 2.18. The summed E-state index contributed by atoms with van der Waals surface area (Å²) in [6.07, 6.45) is 1.92. The van der Waals surface area contributed by atoms with Crippen molar-refractivity contribution in [2.75, 3.05) is 28.7 Å². The molecule has 0 saturated carbocycles. The van der Waals surface area contributed by atoms with Crippen molar-refractivity contribution in [2.45, 2.75) is 0 Å². The minimum absolute atomic E-state index is 0.149. The molecule has 2 unspecified atom stereocenters. The van der Waals surface area contributed by atoms with Gasteiger partial charge in [0.15, 0.2) is 5.65 Å². The van der Waals surface area contributed by atoms with Crippen LogP contribution in [0, 0.1) is 0 Å². The Bertz CT molecular complexity index is 1070. The zero-order chi connectivity index (χ0) is 19.0. The third-order valence-corrected chi connectivity index (χ3v) is 7.02. The number of nitrogens with one attached hydrogen (secondary N) is 1. The van der Waals surface area contributed by atoms with Crippen molar-refractivity contribution in [3.63, 3.8) is 0 Å². The van der Waals surface area contributed by atoms with Gasteiger partial charge < -0.3 is 11.1 Å². The maximum atomic E-state index is 12.7. The van der Waals surface area contributed by atoms with Gasteiger partial charge in [0.1, 0.15) is 22.2 Å². The van der Waals surface area contributed by atoms with Crippen LogP contribution in [0.25, 0.3) is 11.0 Å². The van der Waals surface area contributed by atoms with Gasteiger partial charge in [-0.05, 0) is 34.2 Å². The first-order valence-electron chi connectivity index (χ1n) is 7.53. The molecule has 2 heterocycles. The number of pyridine rings is 1. The predicted molar refractivity (Wildman–Crippen MR) is 119 cm³/mol. The lowest BCUT2D eigenvalue weighted by Gasteiger charge is -2.20. The fourth-order valence-electron chi connectivity index (χ4n) is 2.64. The molecule has 26 heavy (non-hydrogen) atoms. The van der Waals surface area contributed by atoms with E-state index in [-0.39, 0.29) is 5.56 Å². The third-order valence-electron chi connectivity index (χ3n) is 4.01. The van der Waals surface area contributed by atoms with Crippen molar-refractivity contribution >= 4 is 73.3 Å². The predicted octanol–water partition coefficient (Wildman–Crippen LogP) is 2.58. The normalized spacial score (nSPS) is 12.8. The molecule has 0 bridgehead atoms. The standard InChI is InChI=1S/C15H18IN6O2PS/c1-20-15(23)13-10(8-12(17)19-14(13)22(20)25-16)18-9-6-4-5-7-11(9)21(2)26(3)24/h4-8,25H,1-3H3,(H3,17,18,19). The minimum atomic E-state index is -1.18. The summed E-state index contributed by atoms with van der Waals surface area (Å²) < 4.78 is 16.9. The number of aromatic nitrogens is 3. The van der Waals surface area contributed by atoms with Crippen LogP contribution in [0.3, 0.4) is 0 Å². The molecule has 11 heteroatoms. The number of hydrogen-bond donors (Lipinski definition) is 2. The smallest absolute Gasteiger partial charge is 0.278 e. The summed E-state index contributed by atoms with van der Waals surface area (Å²) in [5, 5.41) is 3.75. The number of para-hydroxylation sites is 2. The van der Waals surface area contributed by atoms with Crippen LogP contribution in [0.1, 0.15) is 0 Å². The second-order valence-corrected chi connectivity index (χ2v) is 9.02. The van der Waals surface area contributed by atoms with E-state index < -0.39 is 11.0 Å². The third kappa shape index (κ3) is 3.33. The lowest BCUT2D eigenvalue weighted by Crippen LogP contribution is -2.20. The highest BCUT2D eigenvalue weighted by atomic mass is 127. The van der Waals surface area contributed by atoms with Crippen LogP contribution in [0.5, 0.6) is 0 Å². The molecule has 0 radical (unpaired) electrons. The van der Waals surface area contributed by atoms with Gasteiger partial charge >= 0.3 is 0 Å². The van der Waals surface area contributed by atoms with E-state index in [1.165, 1.54) is 4.68 Å². The molecule has 8 nitrogen and oxygen atoms in total. The number of nitrogens with zero attached hydrogens (tertiary/aromatic N) is 4. The van der Waals surface area contributed by atoms with Crippen LogP contribution in [-0.2, 0) is 18.0 Å². The van der Waals surface area contributed by atoms with Crippen LogP contribution >= 0.6 is 28.4 Å². The minimum Gasteiger partial charge on any atom is -0.384 e. The topological polar surface area (TPSA) is 98.2 Å². The summed E-state index contributed by atoms with van der Waals surface area (Å²) in [5.74, 6) is 0.318. The Kier molecular flexibility index (Phi) is 5.54. The molecule has 2 atom stereocenters. The molecule has 1 aromatic carbocycles. The Morgan fingerprint density at radius 1 is 1.35 bits per heavy atom. The Balaban J connectivity index is 2.20. The molecular formula is C15H18IN6O2PS. The van der Waals surface area contributed by atoms with Crippen molar-refractivity contribution in [2.24, 2.45) is 7.05 Å². The quantitative estimate of drug-likeness (QED) is 0.412. The van der Waals surface area contributed by atoms with Crippen molar-refractivity contribution in [1.29, 1.82) is 0 Å². The number of nitrogens with two attached hydrogens (primary N) is 1. The summed E-state index contributed by atoms with van der Waals surface area (Å²) in [6.45, 7) is 0. The van der Waals surface area contributed by atoms with Crippen LogP contribution in [0.15, 0.2) is 35.1 Å². The highest BCUT2D eigenvalue weighted by molar-refractivity contribution is 14.2. The van der Waals surface area contributed by atoms with Crippen molar-refractivity contribution in [3.05, 3.63) is 40.7 Å². The molecule has 0 aliphatic carbocycles. The fourth-order valence-corrected chi connectivity index (χ4v) is 5.18. The lowest BCUT2D eigenvalue weighted by molar-refractivity contribution is 0.685. The van der Waals surface area contributed by atoms with Gasteiger partial charge in [-0.15, -0.1) is 0 Å². The second kappa shape index (κ2) is 7.53. The van der Waals surface area contributed by atoms with Gasteiger partial charge in [-0.25, -0.2) is 18.3 Å². The summed E-state index contributed by atoms with van der Waals surface area (Å²) in [7, 11) is 2.28. The zero-order valence-electron chi connectivity index (χ0n) is 14.4. The van der Waals surface area contributed by atoms with Gasteiger partial charge in [0, 0.05) is 26.4 Å². The first kappa shape index (κ1) is 19.1. The number of hydrogen-bond acceptors (Lipinski definition) is 5. The Morgan fingerprint density at radius 3 is 2.69 bits per heavy atom. The van der Waals surface area contributed by atoms with Gasteiger partial charge in [-0.1, -0.05) is 12.1 Å². The van der Waals surface area contributed by atoms with Crippen LogP contribution in [0.2, 0.25) is 0 Å². The average molecular weight is 504 g/mol. The molecule has 3 aromatic rings. The molecule has 138 valence electrons. The molecule has 0 saturated heterocycles. The first-order chi connectivity index (χ1) is 12.3. The number of benzene rings is 1. The molecule has 3 N–H and O–H groups in total. The number of fused-ring (bicyclic) bond motifs is 1. The molecule has 0 fully saturated rings. The summed E-state index contributed by atoms with van der Waals surface area (Å²) in [4.78, 5) is 17.1. The number of anilines is 4. The summed E-state index contributed by atoms with van der Waals surface area (Å²) >= 11 is 2.20. The van der Waals surface area contributed by atoms with E-state index in [1.54, 1.807) is 35.2 Å². The Hall–Kier alpha value is -1.65. The van der Waals surface area contributed by atoms with Crippen LogP contribution in [0.4, 0.5) is 22.9 Å². The zero-order valence-corrected chi connectivity index (χ0v) is 18.3. The van der Waals surface area contributed by atoms with Crippen molar-refractivity contribution < 1.29 is 4.21 Å². The van der Waals surface area contributed by atoms with E-state index in [0.29, 0.717) is 28.9 Å². The largest absolute Gasteiger partial charge is 0.384 e. The number of nitrogen functional groups attached to an aromatic ring is 1. The highest BCUT2D eigenvalue weighted by Crippen LogP contribution is 2.34. The van der Waals surface area contributed by atoms with E-state index in [1.807, 2.05) is 24.3 Å². The molecule has 2 aromatic heterocycles. The van der Waals surface area contributed by atoms with E-state index in [0.717, 1.165) is 11.4 Å². The van der Waals surface area contributed by atoms with Gasteiger partial charge in [0.2, 0.25) is 0 Å². The maximum Gasteiger partial charge on any atom is 0.278 e. The van der Waals surface area contributed by atoms with E-state index in [4.69, 9.17) is 5.73 Å². The van der Waals surface area contributed by atoms with Crippen molar-refractivity contribution in [1.82, 2.24) is 14.1 Å². The number of halogens is 1. The fraction of sp³-hybridized carbons (Fsp3) is 0.200. The molecule has 0 aliphatic heterocycles. The molecule has 3 rings (SSSR count). The first-order valence-corrected chi connectivity index (χ1v) is 13.1. The summed E-state index contributed by atoms with van der Waals surface area (Å²) in [6, 6.07) is 9.11. The molecular weight excluding hydrogens is 486 g/mol. The maximum absolute atomic E-state index is 12.7. The second-order valence-electron chi connectivity index (χ2n) is 5.58. The van der Waals surface area contributed by atoms with Gasteiger partial charge in [0.25, 0.3) is 5.56 Å². The monoisotopic (exact) mass is 504 g/mol. The van der Waals surface area contributed by atoms with Crippen LogP contribution < -0.4 is 20.9 Å². The molecule has 0 amide bonds. The van der Waals surface area contributed by atoms with E-state index in [2.05, 4.69) is 32.3 Å². The number of rotatable bonds is 5. The van der Waals surface area contributed by atoms with Gasteiger partial charge in [0.05, 0.1) is 23.4 Å².